The molecule has 0 fully saturated rings. The van der Waals surface area contributed by atoms with Gasteiger partial charge in [0.05, 0.1) is 11.6 Å². The molecule has 5 rings (SSSR count). The summed E-state index contributed by atoms with van der Waals surface area (Å²) in [4.78, 5) is 9.52. The van der Waals surface area contributed by atoms with Crippen molar-refractivity contribution in [2.45, 2.75) is 12.8 Å². The monoisotopic (exact) mass is 464 g/mol. The second-order valence-corrected chi connectivity index (χ2v) is 8.65. The van der Waals surface area contributed by atoms with Crippen LogP contribution in [0.15, 0.2) is 79.4 Å². The highest BCUT2D eigenvalue weighted by molar-refractivity contribution is 5.93. The fraction of sp³-hybridized carbons (Fsp3) is 0.107. The average Bonchev–Trinajstić information content (AvgIpc) is 3.21. The molecule has 2 heterocycles. The van der Waals surface area contributed by atoms with Crippen LogP contribution in [0.4, 0.5) is 15.9 Å². The molecule has 0 aliphatic heterocycles. The summed E-state index contributed by atoms with van der Waals surface area (Å²) < 4.78 is 17.1. The predicted molar refractivity (Wildman–Crippen MR) is 139 cm³/mol. The van der Waals surface area contributed by atoms with Crippen molar-refractivity contribution in [3.05, 3.63) is 108 Å². The van der Waals surface area contributed by atoms with Gasteiger partial charge >= 0.3 is 0 Å². The fourth-order valence-corrected chi connectivity index (χ4v) is 4.29. The second kappa shape index (κ2) is 8.68. The van der Waals surface area contributed by atoms with Crippen LogP contribution in [-0.4, -0.2) is 19.7 Å². The van der Waals surface area contributed by atoms with E-state index in [0.717, 1.165) is 27.5 Å². The third-order valence-electron chi connectivity index (χ3n) is 6.09. The molecule has 0 amide bonds. The van der Waals surface area contributed by atoms with E-state index in [1.807, 2.05) is 55.5 Å². The molecule has 35 heavy (non-hydrogen) atoms. The molecule has 0 aliphatic carbocycles. The van der Waals surface area contributed by atoms with Crippen LogP contribution < -0.4 is 11.5 Å². The number of hydrogen-bond donors (Lipinski definition) is 2. The Balaban J connectivity index is 1.78. The number of hydrogen-bond acceptors (Lipinski definition) is 5. The topological polar surface area (TPSA) is 95.6 Å². The summed E-state index contributed by atoms with van der Waals surface area (Å²) in [7, 11) is 1.80. The number of aromatic nitrogens is 4. The zero-order valence-electron chi connectivity index (χ0n) is 19.5. The van der Waals surface area contributed by atoms with E-state index in [9.17, 15) is 0 Å². The van der Waals surface area contributed by atoms with Crippen molar-refractivity contribution in [3.8, 4) is 11.4 Å². The van der Waals surface area contributed by atoms with E-state index in [-0.39, 0.29) is 5.82 Å². The van der Waals surface area contributed by atoms with Gasteiger partial charge in [0.1, 0.15) is 17.5 Å². The van der Waals surface area contributed by atoms with Gasteiger partial charge in [0.25, 0.3) is 0 Å². The van der Waals surface area contributed by atoms with E-state index in [1.54, 1.807) is 29.9 Å². The van der Waals surface area contributed by atoms with Gasteiger partial charge in [0, 0.05) is 29.2 Å². The Morgan fingerprint density at radius 1 is 0.971 bits per heavy atom. The summed E-state index contributed by atoms with van der Waals surface area (Å²) in [5.74, 6) is 0.374. The van der Waals surface area contributed by atoms with Gasteiger partial charge in [0.15, 0.2) is 5.82 Å². The maximum absolute atomic E-state index is 15.4. The minimum atomic E-state index is -0.669. The molecule has 0 saturated heterocycles. The molecule has 0 spiro atoms. The first-order chi connectivity index (χ1) is 16.8. The number of aryl methyl sites for hydroxylation is 1. The lowest BCUT2D eigenvalue weighted by molar-refractivity contribution is 0.592. The van der Waals surface area contributed by atoms with Crippen LogP contribution >= 0.6 is 0 Å². The summed E-state index contributed by atoms with van der Waals surface area (Å²) in [5.41, 5.74) is 16.5. The maximum Gasteiger partial charge on any atom is 0.181 e. The van der Waals surface area contributed by atoms with Crippen LogP contribution in [0.3, 0.4) is 0 Å². The zero-order chi connectivity index (χ0) is 24.7. The summed E-state index contributed by atoms with van der Waals surface area (Å²) in [6, 6.07) is 21.9. The van der Waals surface area contributed by atoms with Gasteiger partial charge in [-0.15, -0.1) is 0 Å². The number of fused-ring (bicyclic) bond motifs is 1. The van der Waals surface area contributed by atoms with Crippen LogP contribution in [0.1, 0.15) is 35.5 Å². The van der Waals surface area contributed by atoms with E-state index < -0.39 is 5.92 Å². The molecule has 0 bridgehead atoms. The minimum Gasteiger partial charge on any atom is -0.399 e. The smallest absolute Gasteiger partial charge is 0.181 e. The first-order valence-electron chi connectivity index (χ1n) is 11.2. The van der Waals surface area contributed by atoms with Gasteiger partial charge < -0.3 is 11.5 Å². The molecule has 2 aromatic heterocycles. The first-order valence-corrected chi connectivity index (χ1v) is 11.2. The molecule has 0 aliphatic rings. The van der Waals surface area contributed by atoms with Crippen LogP contribution in [-0.2, 0) is 7.05 Å². The second-order valence-electron chi connectivity index (χ2n) is 8.65. The Morgan fingerprint density at radius 2 is 1.74 bits per heavy atom. The highest BCUT2D eigenvalue weighted by atomic mass is 19.1. The molecule has 6 nitrogen and oxygen atoms in total. The van der Waals surface area contributed by atoms with Crippen molar-refractivity contribution in [2.75, 3.05) is 11.5 Å². The number of anilines is 2. The van der Waals surface area contributed by atoms with Crippen molar-refractivity contribution in [1.82, 2.24) is 19.7 Å². The Hall–Kier alpha value is -4.52. The van der Waals surface area contributed by atoms with Crippen LogP contribution in [0.5, 0.6) is 0 Å². The van der Waals surface area contributed by atoms with Gasteiger partial charge in [-0.3, -0.25) is 4.68 Å². The lowest BCUT2D eigenvalue weighted by atomic mass is 9.90. The lowest BCUT2D eigenvalue weighted by Gasteiger charge is -2.19. The minimum absolute atomic E-state index is 0.337. The number of nitrogens with zero attached hydrogens (tertiary/aromatic N) is 4. The Kier molecular flexibility index (Phi) is 5.53. The van der Waals surface area contributed by atoms with Gasteiger partial charge in [0.2, 0.25) is 0 Å². The third-order valence-corrected chi connectivity index (χ3v) is 6.09. The maximum atomic E-state index is 15.4. The first kappa shape index (κ1) is 22.3. The Labute approximate surface area is 202 Å². The van der Waals surface area contributed by atoms with Crippen LogP contribution in [0, 0.1) is 5.82 Å². The Morgan fingerprint density at radius 3 is 2.49 bits per heavy atom. The number of benzene rings is 3. The van der Waals surface area contributed by atoms with E-state index >= 15 is 4.39 Å². The lowest BCUT2D eigenvalue weighted by Crippen LogP contribution is -2.14. The number of nitrogens with two attached hydrogens (primary N) is 2. The van der Waals surface area contributed by atoms with E-state index in [1.165, 1.54) is 6.07 Å². The predicted octanol–water partition coefficient (Wildman–Crippen LogP) is 5.55. The van der Waals surface area contributed by atoms with Gasteiger partial charge in [-0.2, -0.15) is 5.10 Å². The number of allylic oxidation sites excluding steroid dienone is 1. The highest BCUT2D eigenvalue weighted by Gasteiger charge is 2.28. The molecular formula is C28H25FN6. The van der Waals surface area contributed by atoms with Gasteiger partial charge in [-0.1, -0.05) is 48.6 Å². The Bertz CT molecular complexity index is 1570. The summed E-state index contributed by atoms with van der Waals surface area (Å²) in [5, 5.41) is 6.22. The van der Waals surface area contributed by atoms with E-state index in [4.69, 9.17) is 16.5 Å². The SMILES string of the molecule is C=C(C)c1ccc(F)c(C(c2cc3cc(N)ccc3c(N)n2)c2nc(-c3ccccc3)nn2C)c1. The van der Waals surface area contributed by atoms with Crippen molar-refractivity contribution < 1.29 is 4.39 Å². The quantitative estimate of drug-likeness (QED) is 0.333. The summed E-state index contributed by atoms with van der Waals surface area (Å²) in [6.45, 7) is 5.91. The van der Waals surface area contributed by atoms with Gasteiger partial charge in [-0.05, 0) is 54.3 Å². The molecule has 0 saturated carbocycles. The van der Waals surface area contributed by atoms with E-state index in [0.29, 0.717) is 34.4 Å². The van der Waals surface area contributed by atoms with Crippen molar-refractivity contribution in [2.24, 2.45) is 7.05 Å². The molecule has 7 heteroatoms. The third kappa shape index (κ3) is 4.12. The zero-order valence-corrected chi connectivity index (χ0v) is 19.5. The average molecular weight is 465 g/mol. The van der Waals surface area contributed by atoms with Crippen molar-refractivity contribution in [3.63, 3.8) is 0 Å². The molecule has 0 radical (unpaired) electrons. The standard InChI is InChI=1S/C28H25FN6/c1-16(2)18-9-12-23(29)22(14-18)25(24-15-19-13-20(30)10-11-21(19)26(31)32-24)28-33-27(34-35(28)3)17-7-5-4-6-8-17/h4-15,25H,1,30H2,2-3H3,(H2,31,32). The molecular weight excluding hydrogens is 439 g/mol. The molecule has 5 aromatic rings. The van der Waals surface area contributed by atoms with Crippen LogP contribution in [0.2, 0.25) is 0 Å². The molecule has 1 unspecified atom stereocenters. The molecule has 4 N–H and O–H groups in total. The molecule has 174 valence electrons. The normalized spacial score (nSPS) is 12.1. The largest absolute Gasteiger partial charge is 0.399 e. The van der Waals surface area contributed by atoms with Crippen LogP contribution in [0.25, 0.3) is 27.7 Å². The summed E-state index contributed by atoms with van der Waals surface area (Å²) >= 11 is 0. The molecule has 3 aromatic carbocycles. The number of rotatable bonds is 5. The van der Waals surface area contributed by atoms with E-state index in [2.05, 4.69) is 16.7 Å². The fourth-order valence-electron chi connectivity index (χ4n) is 4.29. The summed E-state index contributed by atoms with van der Waals surface area (Å²) in [6.07, 6.45) is 0. The number of pyridine rings is 1. The highest BCUT2D eigenvalue weighted by Crippen LogP contribution is 2.36. The van der Waals surface area contributed by atoms with Crippen molar-refractivity contribution >= 4 is 27.9 Å². The number of nitrogen functional groups attached to an aromatic ring is 2. The molecule has 1 atom stereocenters. The number of halogens is 1. The van der Waals surface area contributed by atoms with Gasteiger partial charge in [-0.25, -0.2) is 14.4 Å². The van der Waals surface area contributed by atoms with Crippen molar-refractivity contribution in [1.29, 1.82) is 0 Å².